The maximum atomic E-state index is 12.2. The van der Waals surface area contributed by atoms with Gasteiger partial charge in [-0.25, -0.2) is 4.98 Å². The number of hydrazone groups is 1. The van der Waals surface area contributed by atoms with E-state index in [-0.39, 0.29) is 0 Å². The smallest absolute Gasteiger partial charge is 0.267 e. The van der Waals surface area contributed by atoms with Gasteiger partial charge in [-0.15, -0.1) is 0 Å². The molecule has 0 saturated heterocycles. The minimum Gasteiger partial charge on any atom is -0.267 e. The Morgan fingerprint density at radius 2 is 1.48 bits per heavy atom. The molecule has 4 rings (SSSR count). The van der Waals surface area contributed by atoms with Gasteiger partial charge in [-0.2, -0.15) is 10.1 Å². The summed E-state index contributed by atoms with van der Waals surface area (Å²) in [4.78, 5) is 33.0. The molecule has 0 spiro atoms. The second-order valence-corrected chi connectivity index (χ2v) is 5.00. The van der Waals surface area contributed by atoms with Crippen LogP contribution in [0.1, 0.15) is 26.4 Å². The Kier molecular flexibility index (Phi) is 2.94. The fraction of sp³-hybridized carbons (Fsp3) is 0. The first-order valence-electron chi connectivity index (χ1n) is 6.97. The molecule has 3 aromatic rings. The summed E-state index contributed by atoms with van der Waals surface area (Å²) >= 11 is 0. The van der Waals surface area contributed by atoms with Gasteiger partial charge in [-0.05, 0) is 24.3 Å². The second kappa shape index (κ2) is 5.10. The lowest BCUT2D eigenvalue weighted by atomic mass is 10.1. The average Bonchev–Trinajstić information content (AvgIpc) is 2.84. The van der Waals surface area contributed by atoms with Crippen LogP contribution in [0, 0.1) is 0 Å². The number of rotatable bonds is 2. The third-order valence-electron chi connectivity index (χ3n) is 3.55. The highest BCUT2D eigenvalue weighted by Gasteiger charge is 2.35. The van der Waals surface area contributed by atoms with Gasteiger partial charge in [0.25, 0.3) is 11.8 Å². The summed E-state index contributed by atoms with van der Waals surface area (Å²) in [6.45, 7) is 0. The minimum absolute atomic E-state index is 0.360. The molecule has 0 saturated carbocycles. The van der Waals surface area contributed by atoms with Crippen molar-refractivity contribution in [3.05, 3.63) is 71.5 Å². The molecule has 0 bridgehead atoms. The summed E-state index contributed by atoms with van der Waals surface area (Å²) in [5.41, 5.74) is 2.68. The first-order valence-corrected chi connectivity index (χ1v) is 6.97. The van der Waals surface area contributed by atoms with Crippen LogP contribution < -0.4 is 0 Å². The van der Waals surface area contributed by atoms with E-state index in [0.717, 1.165) is 16.0 Å². The summed E-state index contributed by atoms with van der Waals surface area (Å²) in [6, 6.07) is 14.1. The molecule has 0 fully saturated rings. The van der Waals surface area contributed by atoms with Crippen molar-refractivity contribution in [3.63, 3.8) is 0 Å². The molecule has 2 heterocycles. The molecule has 6 heteroatoms. The Morgan fingerprint density at radius 3 is 2.17 bits per heavy atom. The lowest BCUT2D eigenvalue weighted by molar-refractivity contribution is 0.0660. The number of carbonyl (C=O) groups excluding carboxylic acids is 2. The first kappa shape index (κ1) is 13.3. The lowest BCUT2D eigenvalue weighted by Gasteiger charge is -2.05. The largest absolute Gasteiger partial charge is 0.282 e. The Bertz CT molecular complexity index is 946. The van der Waals surface area contributed by atoms with Crippen molar-refractivity contribution in [2.75, 3.05) is 0 Å². The minimum atomic E-state index is -0.435. The quantitative estimate of drug-likeness (QED) is 0.537. The third-order valence-corrected chi connectivity index (χ3v) is 3.55. The number of benzene rings is 2. The summed E-state index contributed by atoms with van der Waals surface area (Å²) < 4.78 is 0. The molecular formula is C17H10N4O2. The van der Waals surface area contributed by atoms with Crippen molar-refractivity contribution < 1.29 is 9.59 Å². The number of nitrogens with zero attached hydrogens (tertiary/aromatic N) is 4. The van der Waals surface area contributed by atoms with E-state index in [1.807, 2.05) is 24.3 Å². The van der Waals surface area contributed by atoms with Crippen molar-refractivity contribution in [2.45, 2.75) is 0 Å². The number of aromatic nitrogens is 2. The molecule has 0 unspecified atom stereocenters. The molecule has 1 aliphatic rings. The van der Waals surface area contributed by atoms with E-state index in [1.54, 1.807) is 30.5 Å². The molecule has 0 radical (unpaired) electrons. The summed E-state index contributed by atoms with van der Waals surface area (Å²) in [7, 11) is 0. The number of imide groups is 1. The molecule has 1 aromatic heterocycles. The van der Waals surface area contributed by atoms with Crippen LogP contribution in [0.3, 0.4) is 0 Å². The van der Waals surface area contributed by atoms with E-state index >= 15 is 0 Å². The summed E-state index contributed by atoms with van der Waals surface area (Å²) in [6.07, 6.45) is 2.91. The number of para-hydroxylation sites is 2. The third kappa shape index (κ3) is 2.17. The molecule has 2 aromatic carbocycles. The Hall–Kier alpha value is -3.41. The van der Waals surface area contributed by atoms with Gasteiger partial charge in [0.05, 0.1) is 34.6 Å². The van der Waals surface area contributed by atoms with Crippen LogP contribution in [0.2, 0.25) is 0 Å². The zero-order valence-corrected chi connectivity index (χ0v) is 11.9. The van der Waals surface area contributed by atoms with E-state index < -0.39 is 11.8 Å². The monoisotopic (exact) mass is 302 g/mol. The molecule has 2 amide bonds. The highest BCUT2D eigenvalue weighted by Crippen LogP contribution is 2.22. The van der Waals surface area contributed by atoms with E-state index in [9.17, 15) is 9.59 Å². The van der Waals surface area contributed by atoms with Gasteiger partial charge in [0, 0.05) is 0 Å². The van der Waals surface area contributed by atoms with Crippen molar-refractivity contribution in [3.8, 4) is 0 Å². The highest BCUT2D eigenvalue weighted by atomic mass is 16.2. The SMILES string of the molecule is O=C1c2ccccc2C(=O)N1/N=C\c1cnc2ccccc2n1. The predicted molar refractivity (Wildman–Crippen MR) is 84.1 cm³/mol. The Labute approximate surface area is 131 Å². The van der Waals surface area contributed by atoms with Crippen LogP contribution in [0.25, 0.3) is 11.0 Å². The maximum Gasteiger partial charge on any atom is 0.282 e. The van der Waals surface area contributed by atoms with Gasteiger partial charge in [0.2, 0.25) is 0 Å². The standard InChI is InChI=1S/C17H10N4O2/c22-16-12-5-1-2-6-13(12)17(23)21(16)19-10-11-9-18-14-7-3-4-8-15(14)20-11/h1-10H/b19-10-. The predicted octanol–water partition coefficient (Wildman–Crippen LogP) is 2.26. The first-order chi connectivity index (χ1) is 11.2. The van der Waals surface area contributed by atoms with Crippen LogP contribution in [0.15, 0.2) is 59.8 Å². The van der Waals surface area contributed by atoms with Crippen molar-refractivity contribution in [1.82, 2.24) is 15.0 Å². The summed E-state index contributed by atoms with van der Waals surface area (Å²) in [5.74, 6) is -0.869. The number of fused-ring (bicyclic) bond motifs is 2. The molecule has 23 heavy (non-hydrogen) atoms. The van der Waals surface area contributed by atoms with E-state index in [0.29, 0.717) is 16.8 Å². The van der Waals surface area contributed by atoms with E-state index in [1.165, 1.54) is 6.21 Å². The zero-order chi connectivity index (χ0) is 15.8. The van der Waals surface area contributed by atoms with Crippen LogP contribution >= 0.6 is 0 Å². The Balaban J connectivity index is 1.66. The lowest BCUT2D eigenvalue weighted by Crippen LogP contribution is -2.24. The van der Waals surface area contributed by atoms with E-state index in [4.69, 9.17) is 0 Å². The molecule has 1 aliphatic heterocycles. The van der Waals surface area contributed by atoms with Gasteiger partial charge in [-0.1, -0.05) is 24.3 Å². The zero-order valence-electron chi connectivity index (χ0n) is 11.9. The van der Waals surface area contributed by atoms with Gasteiger partial charge in [-0.3, -0.25) is 14.6 Å². The number of carbonyl (C=O) groups is 2. The van der Waals surface area contributed by atoms with Gasteiger partial charge in [0.1, 0.15) is 5.69 Å². The van der Waals surface area contributed by atoms with Crippen molar-refractivity contribution in [1.29, 1.82) is 0 Å². The average molecular weight is 302 g/mol. The van der Waals surface area contributed by atoms with Gasteiger partial charge < -0.3 is 0 Å². The molecule has 0 N–H and O–H groups in total. The topological polar surface area (TPSA) is 75.5 Å². The van der Waals surface area contributed by atoms with Crippen LogP contribution in [-0.2, 0) is 0 Å². The highest BCUT2D eigenvalue weighted by molar-refractivity contribution is 6.21. The fourth-order valence-electron chi connectivity index (χ4n) is 2.43. The van der Waals surface area contributed by atoms with Crippen LogP contribution in [0.5, 0.6) is 0 Å². The second-order valence-electron chi connectivity index (χ2n) is 5.00. The van der Waals surface area contributed by atoms with Crippen LogP contribution in [-0.4, -0.2) is 33.0 Å². The number of hydrogen-bond donors (Lipinski definition) is 0. The normalized spacial score (nSPS) is 14.0. The van der Waals surface area contributed by atoms with Crippen molar-refractivity contribution >= 4 is 29.1 Å². The Morgan fingerprint density at radius 1 is 0.870 bits per heavy atom. The fourth-order valence-corrected chi connectivity index (χ4v) is 2.43. The number of hydrogen-bond acceptors (Lipinski definition) is 5. The molecular weight excluding hydrogens is 292 g/mol. The summed E-state index contributed by atoms with van der Waals surface area (Å²) in [5, 5.41) is 4.83. The maximum absolute atomic E-state index is 12.2. The molecule has 0 aliphatic carbocycles. The van der Waals surface area contributed by atoms with Gasteiger partial charge in [0.15, 0.2) is 0 Å². The number of amides is 2. The van der Waals surface area contributed by atoms with Gasteiger partial charge >= 0.3 is 0 Å². The molecule has 6 nitrogen and oxygen atoms in total. The molecule has 110 valence electrons. The van der Waals surface area contributed by atoms with Crippen LogP contribution in [0.4, 0.5) is 0 Å². The van der Waals surface area contributed by atoms with E-state index in [2.05, 4.69) is 15.1 Å². The molecule has 0 atom stereocenters. The van der Waals surface area contributed by atoms with Crippen molar-refractivity contribution in [2.24, 2.45) is 5.10 Å².